The quantitative estimate of drug-likeness (QED) is 0.619. The van der Waals surface area contributed by atoms with Gasteiger partial charge in [0.25, 0.3) is 10.0 Å². The van der Waals surface area contributed by atoms with Crippen molar-refractivity contribution in [3.05, 3.63) is 11.3 Å². The zero-order valence-electron chi connectivity index (χ0n) is 11.0. The first-order valence-electron chi connectivity index (χ1n) is 6.31. The van der Waals surface area contributed by atoms with Gasteiger partial charge in [-0.25, -0.2) is 17.9 Å². The molecule has 8 nitrogen and oxygen atoms in total. The minimum absolute atomic E-state index is 0.169. The highest BCUT2D eigenvalue weighted by Crippen LogP contribution is 2.22. The third-order valence-electron chi connectivity index (χ3n) is 3.42. The maximum Gasteiger partial charge on any atom is 0.340 e. The molecule has 0 spiro atoms. The molecule has 4 N–H and O–H groups in total. The second kappa shape index (κ2) is 5.51. The van der Waals surface area contributed by atoms with Gasteiger partial charge in [0.2, 0.25) is 5.03 Å². The van der Waals surface area contributed by atoms with Crippen LogP contribution in [0.3, 0.4) is 0 Å². The summed E-state index contributed by atoms with van der Waals surface area (Å²) in [5, 5.41) is 24.2. The lowest BCUT2D eigenvalue weighted by atomic mass is 9.93. The van der Waals surface area contributed by atoms with E-state index in [-0.39, 0.29) is 11.3 Å². The van der Waals surface area contributed by atoms with E-state index in [9.17, 15) is 18.3 Å². The Balaban J connectivity index is 2.29. The number of rotatable bonds is 4. The van der Waals surface area contributed by atoms with Crippen molar-refractivity contribution in [2.24, 2.45) is 0 Å². The van der Waals surface area contributed by atoms with Crippen LogP contribution in [-0.2, 0) is 10.0 Å². The predicted octanol–water partition coefficient (Wildman–Crippen LogP) is -0.00188. The van der Waals surface area contributed by atoms with Gasteiger partial charge in [-0.15, -0.1) is 0 Å². The Hall–Kier alpha value is -1.45. The summed E-state index contributed by atoms with van der Waals surface area (Å²) in [4.78, 5) is 11.1. The van der Waals surface area contributed by atoms with E-state index in [4.69, 9.17) is 5.11 Å². The first-order valence-corrected chi connectivity index (χ1v) is 7.80. The topological polar surface area (TPSA) is 132 Å². The van der Waals surface area contributed by atoms with Gasteiger partial charge < -0.3 is 10.2 Å². The molecule has 9 heteroatoms. The van der Waals surface area contributed by atoms with Gasteiger partial charge in [-0.3, -0.25) is 5.10 Å². The van der Waals surface area contributed by atoms with Crippen molar-refractivity contribution in [2.75, 3.05) is 0 Å². The van der Waals surface area contributed by atoms with E-state index < -0.39 is 33.2 Å². The average Bonchev–Trinajstić information content (AvgIpc) is 2.75. The van der Waals surface area contributed by atoms with Crippen molar-refractivity contribution in [1.29, 1.82) is 0 Å². The van der Waals surface area contributed by atoms with Crippen LogP contribution in [0.4, 0.5) is 0 Å². The van der Waals surface area contributed by atoms with E-state index in [0.717, 1.165) is 12.8 Å². The fourth-order valence-corrected chi connectivity index (χ4v) is 3.82. The first kappa shape index (κ1) is 14.9. The number of carbonyl (C=O) groups is 1. The Kier molecular flexibility index (Phi) is 4.11. The lowest BCUT2D eigenvalue weighted by Gasteiger charge is -2.27. The number of nitrogens with one attached hydrogen (secondary N) is 2. The van der Waals surface area contributed by atoms with Crippen LogP contribution < -0.4 is 4.72 Å². The van der Waals surface area contributed by atoms with Gasteiger partial charge in [0.05, 0.1) is 6.10 Å². The Morgan fingerprint density at radius 1 is 1.40 bits per heavy atom. The van der Waals surface area contributed by atoms with Crippen LogP contribution >= 0.6 is 0 Å². The van der Waals surface area contributed by atoms with Gasteiger partial charge in [0.15, 0.2) is 0 Å². The van der Waals surface area contributed by atoms with Crippen molar-refractivity contribution in [1.82, 2.24) is 14.9 Å². The minimum Gasteiger partial charge on any atom is -0.478 e. The van der Waals surface area contributed by atoms with Crippen LogP contribution in [0.5, 0.6) is 0 Å². The van der Waals surface area contributed by atoms with Crippen LogP contribution in [0.25, 0.3) is 0 Å². The van der Waals surface area contributed by atoms with E-state index in [1.165, 1.54) is 6.92 Å². The molecule has 0 radical (unpaired) electrons. The number of aromatic nitrogens is 2. The number of carboxylic acids is 1. The molecule has 0 aliphatic heterocycles. The number of sulfonamides is 1. The minimum atomic E-state index is -4.08. The number of aromatic amines is 1. The molecular weight excluding hydrogens is 286 g/mol. The van der Waals surface area contributed by atoms with Gasteiger partial charge in [-0.05, 0) is 19.8 Å². The smallest absolute Gasteiger partial charge is 0.340 e. The van der Waals surface area contributed by atoms with Crippen LogP contribution in [-0.4, -0.2) is 46.9 Å². The van der Waals surface area contributed by atoms with Crippen molar-refractivity contribution in [3.8, 4) is 0 Å². The number of aliphatic hydroxyl groups is 1. The molecule has 1 aromatic rings. The molecule has 112 valence electrons. The Morgan fingerprint density at radius 2 is 2.05 bits per heavy atom. The number of nitrogens with zero attached hydrogens (tertiary/aromatic N) is 1. The van der Waals surface area contributed by atoms with Gasteiger partial charge in [-0.2, -0.15) is 5.10 Å². The second-order valence-corrected chi connectivity index (χ2v) is 6.54. The summed E-state index contributed by atoms with van der Waals surface area (Å²) in [5.74, 6) is -1.36. The Bertz CT molecular complexity index is 610. The maximum atomic E-state index is 12.2. The van der Waals surface area contributed by atoms with E-state index in [1.807, 2.05) is 0 Å². The second-order valence-electron chi connectivity index (χ2n) is 4.91. The van der Waals surface area contributed by atoms with Gasteiger partial charge in [0, 0.05) is 11.7 Å². The highest BCUT2D eigenvalue weighted by atomic mass is 32.2. The summed E-state index contributed by atoms with van der Waals surface area (Å²) < 4.78 is 26.8. The SMILES string of the molecule is Cc1[nH]nc(S(=O)(=O)N[C@H]2CCCC[C@@H]2O)c1C(=O)O. The molecular formula is C11H17N3O5S. The third kappa shape index (κ3) is 2.84. The lowest BCUT2D eigenvalue weighted by molar-refractivity contribution is 0.0692. The number of aryl methyl sites for hydroxylation is 1. The van der Waals surface area contributed by atoms with Crippen LogP contribution in [0, 0.1) is 6.92 Å². The van der Waals surface area contributed by atoms with E-state index in [0.29, 0.717) is 12.8 Å². The van der Waals surface area contributed by atoms with Crippen molar-refractivity contribution < 1.29 is 23.4 Å². The molecule has 1 aliphatic rings. The largest absolute Gasteiger partial charge is 0.478 e. The van der Waals surface area contributed by atoms with Gasteiger partial charge >= 0.3 is 5.97 Å². The molecule has 0 amide bonds. The number of hydrogen-bond acceptors (Lipinski definition) is 5. The van der Waals surface area contributed by atoms with Crippen LogP contribution in [0.1, 0.15) is 41.7 Å². The number of aromatic carboxylic acids is 1. The van der Waals surface area contributed by atoms with E-state index in [1.54, 1.807) is 0 Å². The Labute approximate surface area is 116 Å². The molecule has 20 heavy (non-hydrogen) atoms. The van der Waals surface area contributed by atoms with E-state index >= 15 is 0 Å². The monoisotopic (exact) mass is 303 g/mol. The molecule has 0 bridgehead atoms. The number of carboxylic acid groups (broad SMARTS) is 1. The molecule has 2 rings (SSSR count). The summed E-state index contributed by atoms with van der Waals surface area (Å²) in [5.41, 5.74) is -0.204. The molecule has 0 unspecified atom stereocenters. The summed E-state index contributed by atoms with van der Waals surface area (Å²) in [6.07, 6.45) is 1.95. The number of H-pyrrole nitrogens is 1. The van der Waals surface area contributed by atoms with Crippen LogP contribution in [0.15, 0.2) is 5.03 Å². The molecule has 1 saturated carbocycles. The molecule has 1 heterocycles. The molecule has 1 aromatic heterocycles. The summed E-state index contributed by atoms with van der Waals surface area (Å²) in [6.45, 7) is 1.44. The zero-order valence-corrected chi connectivity index (χ0v) is 11.8. The maximum absolute atomic E-state index is 12.2. The standard InChI is InChI=1S/C11H17N3O5S/c1-6-9(11(16)17)10(13-12-6)20(18,19)14-7-4-2-3-5-8(7)15/h7-8,14-15H,2-5H2,1H3,(H,12,13)(H,16,17)/t7-,8-/m0/s1. The fourth-order valence-electron chi connectivity index (χ4n) is 2.36. The van der Waals surface area contributed by atoms with Crippen molar-refractivity contribution in [2.45, 2.75) is 49.8 Å². The summed E-state index contributed by atoms with van der Waals surface area (Å²) in [6, 6.07) is -0.604. The number of hydrogen-bond donors (Lipinski definition) is 4. The highest BCUT2D eigenvalue weighted by molar-refractivity contribution is 7.89. The molecule has 1 fully saturated rings. The fraction of sp³-hybridized carbons (Fsp3) is 0.636. The lowest BCUT2D eigenvalue weighted by Crippen LogP contribution is -2.45. The molecule has 1 aliphatic carbocycles. The first-order chi connectivity index (χ1) is 9.33. The predicted molar refractivity (Wildman–Crippen MR) is 68.9 cm³/mol. The average molecular weight is 303 g/mol. The molecule has 0 saturated heterocycles. The van der Waals surface area contributed by atoms with Crippen molar-refractivity contribution >= 4 is 16.0 Å². The van der Waals surface area contributed by atoms with E-state index in [2.05, 4.69) is 14.9 Å². The number of aliphatic hydroxyl groups excluding tert-OH is 1. The normalized spacial score (nSPS) is 23.7. The molecule has 2 atom stereocenters. The zero-order chi connectivity index (χ0) is 14.9. The van der Waals surface area contributed by atoms with Crippen molar-refractivity contribution in [3.63, 3.8) is 0 Å². The van der Waals surface area contributed by atoms with Crippen LogP contribution in [0.2, 0.25) is 0 Å². The summed E-state index contributed by atoms with van der Waals surface area (Å²) in [7, 11) is -4.08. The third-order valence-corrected chi connectivity index (χ3v) is 4.84. The molecule has 0 aromatic carbocycles. The van der Waals surface area contributed by atoms with Gasteiger partial charge in [0.1, 0.15) is 5.56 Å². The summed E-state index contributed by atoms with van der Waals surface area (Å²) >= 11 is 0. The van der Waals surface area contributed by atoms with Gasteiger partial charge in [-0.1, -0.05) is 12.8 Å². The highest BCUT2D eigenvalue weighted by Gasteiger charge is 2.33. The Morgan fingerprint density at radius 3 is 2.65 bits per heavy atom.